The van der Waals surface area contributed by atoms with Crippen molar-refractivity contribution in [2.45, 2.75) is 51.6 Å². The van der Waals surface area contributed by atoms with Crippen molar-refractivity contribution in [3.63, 3.8) is 0 Å². The second kappa shape index (κ2) is 9.58. The van der Waals surface area contributed by atoms with Crippen LogP contribution in [0, 0.1) is 6.92 Å². The van der Waals surface area contributed by atoms with Crippen molar-refractivity contribution in [3.8, 4) is 5.75 Å². The van der Waals surface area contributed by atoms with Crippen LogP contribution in [0.3, 0.4) is 0 Å². The molecule has 0 bridgehead atoms. The number of anilines is 2. The normalized spacial score (nSPS) is 18.8. The van der Waals surface area contributed by atoms with Crippen molar-refractivity contribution in [1.82, 2.24) is 15.3 Å². The van der Waals surface area contributed by atoms with Gasteiger partial charge in [0.15, 0.2) is 0 Å². The van der Waals surface area contributed by atoms with Crippen molar-refractivity contribution in [2.75, 3.05) is 30.9 Å². The number of ether oxygens (including phenoxy) is 1. The van der Waals surface area contributed by atoms with Crippen LogP contribution in [0.2, 0.25) is 0 Å². The molecule has 1 aliphatic carbocycles. The van der Waals surface area contributed by atoms with Gasteiger partial charge < -0.3 is 20.3 Å². The Morgan fingerprint density at radius 2 is 1.93 bits per heavy atom. The third-order valence-corrected chi connectivity index (χ3v) is 5.17. The van der Waals surface area contributed by atoms with Gasteiger partial charge in [0.25, 0.3) is 5.91 Å². The van der Waals surface area contributed by atoms with Crippen molar-refractivity contribution >= 4 is 17.7 Å². The second-order valence-corrected chi connectivity index (χ2v) is 7.72. The number of hydrogen-bond donors (Lipinski definition) is 2. The maximum Gasteiger partial charge on any atom is 0.251 e. The van der Waals surface area contributed by atoms with Crippen LogP contribution in [0.4, 0.5) is 11.8 Å². The van der Waals surface area contributed by atoms with Crippen molar-refractivity contribution in [1.29, 1.82) is 0 Å². The SMILES string of the molecule is CCOc1cccc(C(=O)N[C@H]2CC[C@@H](Nc3ncc(C)c(N(C)C)n3)CC2)c1. The van der Waals surface area contributed by atoms with E-state index in [0.29, 0.717) is 24.2 Å². The molecule has 7 heteroatoms. The van der Waals surface area contributed by atoms with Crippen molar-refractivity contribution in [3.05, 3.63) is 41.6 Å². The smallest absolute Gasteiger partial charge is 0.251 e. The van der Waals surface area contributed by atoms with E-state index in [4.69, 9.17) is 4.74 Å². The quantitative estimate of drug-likeness (QED) is 0.745. The van der Waals surface area contributed by atoms with Crippen LogP contribution in [0.15, 0.2) is 30.5 Å². The van der Waals surface area contributed by atoms with E-state index in [2.05, 4.69) is 20.6 Å². The number of amides is 1. The van der Waals surface area contributed by atoms with E-state index >= 15 is 0 Å². The zero-order chi connectivity index (χ0) is 20.8. The second-order valence-electron chi connectivity index (χ2n) is 7.72. The molecule has 7 nitrogen and oxygen atoms in total. The number of carbonyl (C=O) groups is 1. The molecule has 156 valence electrons. The van der Waals surface area contributed by atoms with Gasteiger partial charge in [0.2, 0.25) is 5.95 Å². The Balaban J connectivity index is 1.51. The summed E-state index contributed by atoms with van der Waals surface area (Å²) in [6, 6.07) is 7.84. The highest BCUT2D eigenvalue weighted by atomic mass is 16.5. The highest BCUT2D eigenvalue weighted by Crippen LogP contribution is 2.23. The van der Waals surface area contributed by atoms with Gasteiger partial charge in [0, 0.05) is 43.5 Å². The molecular formula is C22H31N5O2. The van der Waals surface area contributed by atoms with Crippen LogP contribution in [-0.4, -0.2) is 48.7 Å². The Kier molecular flexibility index (Phi) is 6.90. The Bertz CT molecular complexity index is 832. The summed E-state index contributed by atoms with van der Waals surface area (Å²) in [6.45, 7) is 4.53. The summed E-state index contributed by atoms with van der Waals surface area (Å²) < 4.78 is 5.48. The highest BCUT2D eigenvalue weighted by Gasteiger charge is 2.23. The number of nitrogens with zero attached hydrogens (tertiary/aromatic N) is 3. The first-order chi connectivity index (χ1) is 14.0. The molecule has 1 aromatic carbocycles. The maximum absolute atomic E-state index is 12.6. The van der Waals surface area contributed by atoms with E-state index in [0.717, 1.165) is 42.8 Å². The number of benzene rings is 1. The number of aryl methyl sites for hydroxylation is 1. The van der Waals surface area contributed by atoms with Crippen LogP contribution in [-0.2, 0) is 0 Å². The summed E-state index contributed by atoms with van der Waals surface area (Å²) in [6.07, 6.45) is 5.66. The largest absolute Gasteiger partial charge is 0.494 e. The van der Waals surface area contributed by atoms with Crippen LogP contribution in [0.1, 0.15) is 48.5 Å². The predicted octanol–water partition coefficient (Wildman–Crippen LogP) is 3.40. The summed E-state index contributed by atoms with van der Waals surface area (Å²) in [5, 5.41) is 6.61. The fourth-order valence-electron chi connectivity index (χ4n) is 3.68. The molecule has 1 heterocycles. The number of carbonyl (C=O) groups excluding carboxylic acids is 1. The molecule has 0 atom stereocenters. The predicted molar refractivity (Wildman–Crippen MR) is 116 cm³/mol. The van der Waals surface area contributed by atoms with Gasteiger partial charge in [-0.2, -0.15) is 4.98 Å². The fourth-order valence-corrected chi connectivity index (χ4v) is 3.68. The van der Waals surface area contributed by atoms with Crippen LogP contribution >= 0.6 is 0 Å². The van der Waals surface area contributed by atoms with Gasteiger partial charge in [-0.25, -0.2) is 4.98 Å². The molecule has 2 N–H and O–H groups in total. The first-order valence-electron chi connectivity index (χ1n) is 10.3. The standard InChI is InChI=1S/C22H31N5O2/c1-5-29-19-8-6-7-16(13-19)21(28)24-17-9-11-18(12-10-17)25-22-23-14-15(2)20(26-22)27(3)4/h6-8,13-14,17-18H,5,9-12H2,1-4H3,(H,24,28)(H,23,25,26)/t17-,18+. The van der Waals surface area contributed by atoms with Gasteiger partial charge in [-0.15, -0.1) is 0 Å². The van der Waals surface area contributed by atoms with Gasteiger partial charge in [-0.05, 0) is 57.7 Å². The van der Waals surface area contributed by atoms with Gasteiger partial charge in [0.1, 0.15) is 11.6 Å². The molecule has 0 aliphatic heterocycles. The molecule has 1 aromatic heterocycles. The Labute approximate surface area is 172 Å². The van der Waals surface area contributed by atoms with Crippen LogP contribution in [0.25, 0.3) is 0 Å². The molecule has 0 radical (unpaired) electrons. The van der Waals surface area contributed by atoms with Crippen molar-refractivity contribution in [2.24, 2.45) is 0 Å². The van der Waals surface area contributed by atoms with Gasteiger partial charge in [-0.3, -0.25) is 4.79 Å². The lowest BCUT2D eigenvalue weighted by atomic mass is 9.91. The number of aromatic nitrogens is 2. The lowest BCUT2D eigenvalue weighted by molar-refractivity contribution is 0.0926. The van der Waals surface area contributed by atoms with Crippen LogP contribution in [0.5, 0.6) is 5.75 Å². The maximum atomic E-state index is 12.6. The lowest BCUT2D eigenvalue weighted by Crippen LogP contribution is -2.40. The molecule has 0 saturated heterocycles. The fraction of sp³-hybridized carbons (Fsp3) is 0.500. The number of nitrogens with one attached hydrogen (secondary N) is 2. The van der Waals surface area contributed by atoms with E-state index in [-0.39, 0.29) is 11.9 Å². The topological polar surface area (TPSA) is 79.4 Å². The van der Waals surface area contributed by atoms with E-state index in [1.807, 2.05) is 57.2 Å². The molecule has 3 rings (SSSR count). The minimum atomic E-state index is -0.0412. The first-order valence-corrected chi connectivity index (χ1v) is 10.3. The number of hydrogen-bond acceptors (Lipinski definition) is 6. The van der Waals surface area contributed by atoms with E-state index in [1.54, 1.807) is 6.07 Å². The lowest BCUT2D eigenvalue weighted by Gasteiger charge is -2.30. The summed E-state index contributed by atoms with van der Waals surface area (Å²) in [4.78, 5) is 23.6. The van der Waals surface area contributed by atoms with E-state index in [9.17, 15) is 4.79 Å². The molecule has 1 saturated carbocycles. The molecule has 0 spiro atoms. The third kappa shape index (κ3) is 5.59. The van der Waals surface area contributed by atoms with Crippen molar-refractivity contribution < 1.29 is 9.53 Å². The molecule has 29 heavy (non-hydrogen) atoms. The number of rotatable bonds is 7. The van der Waals surface area contributed by atoms with Gasteiger partial charge >= 0.3 is 0 Å². The Morgan fingerprint density at radius 3 is 2.62 bits per heavy atom. The minimum Gasteiger partial charge on any atom is -0.494 e. The minimum absolute atomic E-state index is 0.0412. The monoisotopic (exact) mass is 397 g/mol. The molecular weight excluding hydrogens is 366 g/mol. The highest BCUT2D eigenvalue weighted by molar-refractivity contribution is 5.94. The average Bonchev–Trinajstić information content (AvgIpc) is 2.71. The summed E-state index contributed by atoms with van der Waals surface area (Å²) in [7, 11) is 3.97. The zero-order valence-electron chi connectivity index (χ0n) is 17.7. The van der Waals surface area contributed by atoms with E-state index < -0.39 is 0 Å². The third-order valence-electron chi connectivity index (χ3n) is 5.17. The van der Waals surface area contributed by atoms with Gasteiger partial charge in [-0.1, -0.05) is 6.07 Å². The van der Waals surface area contributed by atoms with E-state index in [1.165, 1.54) is 0 Å². The van der Waals surface area contributed by atoms with Gasteiger partial charge in [0.05, 0.1) is 6.61 Å². The molecule has 1 aliphatic rings. The molecule has 1 amide bonds. The Morgan fingerprint density at radius 1 is 1.21 bits per heavy atom. The summed E-state index contributed by atoms with van der Waals surface area (Å²) in [5.74, 6) is 2.28. The zero-order valence-corrected chi connectivity index (χ0v) is 17.7. The molecule has 0 unspecified atom stereocenters. The summed E-state index contributed by atoms with van der Waals surface area (Å²) in [5.41, 5.74) is 1.70. The average molecular weight is 398 g/mol. The molecule has 2 aromatic rings. The first kappa shape index (κ1) is 20.9. The molecule has 1 fully saturated rings. The summed E-state index contributed by atoms with van der Waals surface area (Å²) >= 11 is 0. The van der Waals surface area contributed by atoms with Crippen LogP contribution < -0.4 is 20.3 Å². The Hall–Kier alpha value is -2.83.